The van der Waals surface area contributed by atoms with Crippen LogP contribution in [0.25, 0.3) is 0 Å². The van der Waals surface area contributed by atoms with Crippen LogP contribution < -0.4 is 15.3 Å². The van der Waals surface area contributed by atoms with Crippen molar-refractivity contribution in [2.45, 2.75) is 25.2 Å². The Morgan fingerprint density at radius 1 is 1.32 bits per heavy atom. The van der Waals surface area contributed by atoms with Gasteiger partial charge in [0, 0.05) is 31.3 Å². The minimum Gasteiger partial charge on any atom is -0.451 e. The average Bonchev–Trinajstić information content (AvgIpc) is 2.80. The lowest BCUT2D eigenvalue weighted by Gasteiger charge is -2.26. The third-order valence-electron chi connectivity index (χ3n) is 4.09. The first-order valence-corrected chi connectivity index (χ1v) is 7.30. The number of benzene rings is 1. The summed E-state index contributed by atoms with van der Waals surface area (Å²) in [6.07, 6.45) is 0. The SMILES string of the molecule is [B]C(O)(Oc1cc2n(c(=O)n1)CC(C)N2C)c1cc(F)c(F)c(F)c1. The van der Waals surface area contributed by atoms with Crippen molar-refractivity contribution in [3.05, 3.63) is 51.7 Å². The highest BCUT2D eigenvalue weighted by Gasteiger charge is 2.30. The Bertz CT molecular complexity index is 880. The predicted octanol–water partition coefficient (Wildman–Crippen LogP) is 0.849. The molecule has 2 radical (unpaired) electrons. The van der Waals surface area contributed by atoms with Crippen molar-refractivity contribution < 1.29 is 23.0 Å². The van der Waals surface area contributed by atoms with Gasteiger partial charge in [-0.2, -0.15) is 4.98 Å². The van der Waals surface area contributed by atoms with E-state index in [0.717, 1.165) is 0 Å². The molecule has 2 aromatic rings. The van der Waals surface area contributed by atoms with Crippen LogP contribution in [-0.4, -0.2) is 35.6 Å². The number of aliphatic hydroxyl groups is 1. The van der Waals surface area contributed by atoms with Gasteiger partial charge in [0.25, 0.3) is 0 Å². The van der Waals surface area contributed by atoms with Gasteiger partial charge in [-0.25, -0.2) is 18.0 Å². The van der Waals surface area contributed by atoms with Crippen LogP contribution in [0.15, 0.2) is 23.0 Å². The van der Waals surface area contributed by atoms with Gasteiger partial charge in [0.1, 0.15) is 5.82 Å². The topological polar surface area (TPSA) is 67.6 Å². The molecule has 0 fully saturated rings. The van der Waals surface area contributed by atoms with Crippen LogP contribution in [0.2, 0.25) is 0 Å². The van der Waals surface area contributed by atoms with E-state index >= 15 is 0 Å². The fraction of sp³-hybridized carbons (Fsp3) is 0.333. The van der Waals surface area contributed by atoms with Gasteiger partial charge in [0.15, 0.2) is 31.0 Å². The fourth-order valence-electron chi connectivity index (χ4n) is 2.58. The summed E-state index contributed by atoms with van der Waals surface area (Å²) in [5, 5.41) is 10.2. The highest BCUT2D eigenvalue weighted by Crippen LogP contribution is 2.28. The van der Waals surface area contributed by atoms with Crippen LogP contribution in [0.5, 0.6) is 5.88 Å². The van der Waals surface area contributed by atoms with Crippen molar-refractivity contribution in [1.29, 1.82) is 0 Å². The normalized spacial score (nSPS) is 18.8. The van der Waals surface area contributed by atoms with E-state index in [2.05, 4.69) is 4.98 Å². The van der Waals surface area contributed by atoms with E-state index in [1.165, 1.54) is 10.6 Å². The molecule has 6 nitrogen and oxygen atoms in total. The Balaban J connectivity index is 1.97. The molecule has 0 spiro atoms. The van der Waals surface area contributed by atoms with E-state index in [1.807, 2.05) is 6.92 Å². The van der Waals surface area contributed by atoms with Crippen molar-refractivity contribution in [2.75, 3.05) is 11.9 Å². The number of hydrogen-bond donors (Lipinski definition) is 1. The molecule has 25 heavy (non-hydrogen) atoms. The number of ether oxygens (including phenoxy) is 1. The number of nitrogens with zero attached hydrogens (tertiary/aromatic N) is 3. The Labute approximate surface area is 141 Å². The molecular weight excluding hydrogens is 338 g/mol. The zero-order chi connectivity index (χ0) is 18.5. The standard InChI is InChI=1S/C15H13BF3N3O3/c1-7-6-22-12(21(7)2)5-11(20-14(22)23)25-15(16,24)8-3-9(17)13(19)10(18)4-8/h3-5,7,24H,6H2,1-2H3. The molecule has 0 bridgehead atoms. The molecule has 10 heteroatoms. The van der Waals surface area contributed by atoms with E-state index in [4.69, 9.17) is 12.6 Å². The Kier molecular flexibility index (Phi) is 4.02. The van der Waals surface area contributed by atoms with Gasteiger partial charge in [0.2, 0.25) is 5.88 Å². The second-order valence-corrected chi connectivity index (χ2v) is 5.86. The molecule has 130 valence electrons. The van der Waals surface area contributed by atoms with E-state index in [-0.39, 0.29) is 11.9 Å². The van der Waals surface area contributed by atoms with Crippen LogP contribution in [0.4, 0.5) is 19.0 Å². The molecule has 0 saturated carbocycles. The first kappa shape index (κ1) is 17.3. The summed E-state index contributed by atoms with van der Waals surface area (Å²) in [5.41, 5.74) is -3.93. The number of rotatable bonds is 3. The lowest BCUT2D eigenvalue weighted by Crippen LogP contribution is -2.35. The van der Waals surface area contributed by atoms with Crippen molar-refractivity contribution in [3.63, 3.8) is 0 Å². The maximum absolute atomic E-state index is 13.3. The summed E-state index contributed by atoms with van der Waals surface area (Å²) < 4.78 is 46.2. The summed E-state index contributed by atoms with van der Waals surface area (Å²) in [6, 6.07) is 2.39. The van der Waals surface area contributed by atoms with E-state index in [9.17, 15) is 23.1 Å². The molecule has 1 aromatic heterocycles. The van der Waals surface area contributed by atoms with Crippen LogP contribution in [-0.2, 0) is 12.2 Å². The molecule has 0 aliphatic carbocycles. The Hall–Kier alpha value is -2.49. The third kappa shape index (κ3) is 2.97. The van der Waals surface area contributed by atoms with Gasteiger partial charge in [-0.15, -0.1) is 0 Å². The molecule has 1 aromatic carbocycles. The third-order valence-corrected chi connectivity index (χ3v) is 4.09. The molecule has 1 N–H and O–H groups in total. The first-order chi connectivity index (χ1) is 11.6. The molecule has 1 aliphatic rings. The number of likely N-dealkylation sites (N-methyl/N-ethyl adjacent to an activating group) is 1. The largest absolute Gasteiger partial charge is 0.451 e. The second kappa shape index (κ2) is 5.80. The number of aromatic nitrogens is 2. The maximum atomic E-state index is 13.3. The van der Waals surface area contributed by atoms with Crippen molar-refractivity contribution in [2.24, 2.45) is 0 Å². The summed E-state index contributed by atoms with van der Waals surface area (Å²) in [5.74, 6) is -4.65. The quantitative estimate of drug-likeness (QED) is 0.505. The smallest absolute Gasteiger partial charge is 0.352 e. The summed E-state index contributed by atoms with van der Waals surface area (Å²) >= 11 is 0. The number of hydrogen-bond acceptors (Lipinski definition) is 5. The summed E-state index contributed by atoms with van der Waals surface area (Å²) in [7, 11) is 7.29. The van der Waals surface area contributed by atoms with Gasteiger partial charge < -0.3 is 14.7 Å². The van der Waals surface area contributed by atoms with Crippen molar-refractivity contribution in [1.82, 2.24) is 9.55 Å². The van der Waals surface area contributed by atoms with Gasteiger partial charge in [0.05, 0.1) is 0 Å². The van der Waals surface area contributed by atoms with Crippen molar-refractivity contribution >= 4 is 13.7 Å². The minimum atomic E-state index is -2.73. The highest BCUT2D eigenvalue weighted by atomic mass is 19.2. The lowest BCUT2D eigenvalue weighted by atomic mass is 9.87. The average molecular weight is 351 g/mol. The number of halogens is 3. The Morgan fingerprint density at radius 2 is 1.92 bits per heavy atom. The van der Waals surface area contributed by atoms with E-state index in [1.54, 1.807) is 11.9 Å². The van der Waals surface area contributed by atoms with Crippen LogP contribution in [0.3, 0.4) is 0 Å². The fourth-order valence-corrected chi connectivity index (χ4v) is 2.58. The molecule has 2 atom stereocenters. The zero-order valence-electron chi connectivity index (χ0n) is 13.3. The molecule has 2 heterocycles. The molecule has 0 saturated heterocycles. The zero-order valence-corrected chi connectivity index (χ0v) is 13.3. The Morgan fingerprint density at radius 3 is 2.52 bits per heavy atom. The van der Waals surface area contributed by atoms with Crippen LogP contribution in [0.1, 0.15) is 12.5 Å². The monoisotopic (exact) mass is 351 g/mol. The summed E-state index contributed by atoms with van der Waals surface area (Å²) in [6.45, 7) is 2.33. The second-order valence-electron chi connectivity index (χ2n) is 5.86. The van der Waals surface area contributed by atoms with E-state index in [0.29, 0.717) is 24.5 Å². The lowest BCUT2D eigenvalue weighted by molar-refractivity contribution is -0.0711. The summed E-state index contributed by atoms with van der Waals surface area (Å²) in [4.78, 5) is 17.5. The van der Waals surface area contributed by atoms with Crippen LogP contribution in [0, 0.1) is 17.5 Å². The van der Waals surface area contributed by atoms with Gasteiger partial charge in [-0.05, 0) is 19.1 Å². The molecule has 3 rings (SSSR count). The van der Waals surface area contributed by atoms with Crippen molar-refractivity contribution in [3.8, 4) is 5.88 Å². The van der Waals surface area contributed by atoms with E-state index < -0.39 is 34.4 Å². The molecule has 0 amide bonds. The minimum absolute atomic E-state index is 0.0433. The molecule has 1 aliphatic heterocycles. The number of anilines is 1. The van der Waals surface area contributed by atoms with Gasteiger partial charge >= 0.3 is 5.69 Å². The number of fused-ring (bicyclic) bond motifs is 1. The molecule has 2 unspecified atom stereocenters. The predicted molar refractivity (Wildman–Crippen MR) is 83.0 cm³/mol. The maximum Gasteiger partial charge on any atom is 0.352 e. The van der Waals surface area contributed by atoms with Crippen LogP contribution >= 0.6 is 0 Å². The van der Waals surface area contributed by atoms with Gasteiger partial charge in [-0.3, -0.25) is 4.57 Å². The molecular formula is C15H13BF3N3O3. The first-order valence-electron chi connectivity index (χ1n) is 7.30. The highest BCUT2D eigenvalue weighted by molar-refractivity contribution is 6.13. The van der Waals surface area contributed by atoms with Gasteiger partial charge in [-0.1, -0.05) is 0 Å².